The van der Waals surface area contributed by atoms with E-state index in [0.29, 0.717) is 17.1 Å². The van der Waals surface area contributed by atoms with Crippen molar-refractivity contribution in [3.63, 3.8) is 0 Å². The summed E-state index contributed by atoms with van der Waals surface area (Å²) < 4.78 is 0. The topological polar surface area (TPSA) is 40.5 Å². The van der Waals surface area contributed by atoms with Gasteiger partial charge in [-0.05, 0) is 35.7 Å². The SMILES string of the molecule is Cc1ccc(CN2C(=O)C(O)=C(c3ccccc3)C2c2cccc(Cl)c2)cc1. The third kappa shape index (κ3) is 3.41. The van der Waals surface area contributed by atoms with Crippen LogP contribution in [0, 0.1) is 6.92 Å². The second-order valence-corrected chi connectivity index (χ2v) is 7.44. The standard InChI is InChI=1S/C24H20ClNO2/c1-16-10-12-17(13-11-16)15-26-22(19-8-5-9-20(25)14-19)21(23(27)24(26)28)18-6-3-2-4-7-18/h2-14,22,27H,15H2,1H3. The van der Waals surface area contributed by atoms with E-state index in [1.165, 1.54) is 0 Å². The smallest absolute Gasteiger partial charge is 0.290 e. The number of aliphatic hydroxyl groups is 1. The van der Waals surface area contributed by atoms with Crippen molar-refractivity contribution >= 4 is 23.1 Å². The summed E-state index contributed by atoms with van der Waals surface area (Å²) in [5, 5.41) is 11.4. The highest BCUT2D eigenvalue weighted by molar-refractivity contribution is 6.30. The monoisotopic (exact) mass is 389 g/mol. The first-order valence-corrected chi connectivity index (χ1v) is 9.53. The highest BCUT2D eigenvalue weighted by Crippen LogP contribution is 2.44. The van der Waals surface area contributed by atoms with Crippen LogP contribution in [0.5, 0.6) is 0 Å². The fraction of sp³-hybridized carbons (Fsp3) is 0.125. The summed E-state index contributed by atoms with van der Waals surface area (Å²) in [4.78, 5) is 14.7. The van der Waals surface area contributed by atoms with Gasteiger partial charge in [0.15, 0.2) is 5.76 Å². The van der Waals surface area contributed by atoms with E-state index < -0.39 is 6.04 Å². The number of nitrogens with zero attached hydrogens (tertiary/aromatic N) is 1. The van der Waals surface area contributed by atoms with Gasteiger partial charge < -0.3 is 10.0 Å². The van der Waals surface area contributed by atoms with Crippen LogP contribution in [-0.2, 0) is 11.3 Å². The summed E-state index contributed by atoms with van der Waals surface area (Å²) in [5.74, 6) is -0.576. The lowest BCUT2D eigenvalue weighted by atomic mass is 9.93. The molecule has 4 heteroatoms. The molecule has 0 bridgehead atoms. The third-order valence-electron chi connectivity index (χ3n) is 5.03. The van der Waals surface area contributed by atoms with Crippen LogP contribution in [0.3, 0.4) is 0 Å². The lowest BCUT2D eigenvalue weighted by Gasteiger charge is -2.27. The van der Waals surface area contributed by atoms with E-state index >= 15 is 0 Å². The summed E-state index contributed by atoms with van der Waals surface area (Å²) in [7, 11) is 0. The lowest BCUT2D eigenvalue weighted by Crippen LogP contribution is -2.29. The molecule has 1 aliphatic heterocycles. The molecule has 1 atom stereocenters. The van der Waals surface area contributed by atoms with Gasteiger partial charge in [0.1, 0.15) is 0 Å². The minimum absolute atomic E-state index is 0.205. The Kier molecular flexibility index (Phi) is 4.93. The average Bonchev–Trinajstić information content (AvgIpc) is 2.95. The Morgan fingerprint density at radius 3 is 2.36 bits per heavy atom. The first-order chi connectivity index (χ1) is 13.5. The summed E-state index contributed by atoms with van der Waals surface area (Å²) in [6.45, 7) is 2.43. The predicted molar refractivity (Wildman–Crippen MR) is 112 cm³/mol. The molecule has 1 aliphatic rings. The molecule has 0 aliphatic carbocycles. The van der Waals surface area contributed by atoms with Crippen LogP contribution in [0.15, 0.2) is 84.6 Å². The fourth-order valence-corrected chi connectivity index (χ4v) is 3.84. The normalized spacial score (nSPS) is 16.7. The van der Waals surface area contributed by atoms with Crippen LogP contribution >= 0.6 is 11.6 Å². The molecule has 1 amide bonds. The average molecular weight is 390 g/mol. The number of hydrogen-bond donors (Lipinski definition) is 1. The van der Waals surface area contributed by atoms with Gasteiger partial charge in [0.25, 0.3) is 5.91 Å². The summed E-state index contributed by atoms with van der Waals surface area (Å²) in [6, 6.07) is 24.6. The van der Waals surface area contributed by atoms with E-state index in [9.17, 15) is 9.90 Å². The minimum atomic E-state index is -0.407. The van der Waals surface area contributed by atoms with Gasteiger partial charge in [0.2, 0.25) is 0 Å². The number of benzene rings is 3. The van der Waals surface area contributed by atoms with Crippen molar-refractivity contribution in [2.24, 2.45) is 0 Å². The molecule has 1 heterocycles. The fourth-order valence-electron chi connectivity index (χ4n) is 3.64. The van der Waals surface area contributed by atoms with Crippen molar-refractivity contribution in [2.75, 3.05) is 0 Å². The molecule has 4 rings (SSSR count). The Bertz CT molecular complexity index is 1040. The van der Waals surface area contributed by atoms with Gasteiger partial charge in [-0.3, -0.25) is 4.79 Å². The highest BCUT2D eigenvalue weighted by atomic mass is 35.5. The van der Waals surface area contributed by atoms with E-state index in [0.717, 1.165) is 22.3 Å². The summed E-state index contributed by atoms with van der Waals surface area (Å²) >= 11 is 6.23. The van der Waals surface area contributed by atoms with E-state index in [1.54, 1.807) is 11.0 Å². The largest absolute Gasteiger partial charge is 0.503 e. The number of hydrogen-bond acceptors (Lipinski definition) is 2. The molecule has 0 radical (unpaired) electrons. The van der Waals surface area contributed by atoms with Crippen LogP contribution in [0.1, 0.15) is 28.3 Å². The van der Waals surface area contributed by atoms with E-state index in [1.807, 2.05) is 79.7 Å². The molecule has 0 aromatic heterocycles. The molecule has 28 heavy (non-hydrogen) atoms. The van der Waals surface area contributed by atoms with Gasteiger partial charge in [0, 0.05) is 17.1 Å². The predicted octanol–water partition coefficient (Wildman–Crippen LogP) is 5.70. The van der Waals surface area contributed by atoms with Crippen LogP contribution in [0.2, 0.25) is 5.02 Å². The zero-order chi connectivity index (χ0) is 19.7. The number of halogens is 1. The van der Waals surface area contributed by atoms with E-state index in [4.69, 9.17) is 11.6 Å². The van der Waals surface area contributed by atoms with Crippen LogP contribution in [-0.4, -0.2) is 15.9 Å². The maximum atomic E-state index is 13.0. The van der Waals surface area contributed by atoms with Crippen LogP contribution in [0.4, 0.5) is 0 Å². The van der Waals surface area contributed by atoms with Crippen LogP contribution in [0.25, 0.3) is 5.57 Å². The Balaban J connectivity index is 1.81. The molecule has 1 unspecified atom stereocenters. The molecule has 3 aromatic rings. The number of carbonyl (C=O) groups excluding carboxylic acids is 1. The number of rotatable bonds is 4. The van der Waals surface area contributed by atoms with Gasteiger partial charge >= 0.3 is 0 Å². The molecule has 3 nitrogen and oxygen atoms in total. The molecule has 1 N–H and O–H groups in total. The number of carbonyl (C=O) groups is 1. The maximum absolute atomic E-state index is 13.0. The van der Waals surface area contributed by atoms with Crippen molar-refractivity contribution in [3.05, 3.63) is 112 Å². The lowest BCUT2D eigenvalue weighted by molar-refractivity contribution is -0.130. The third-order valence-corrected chi connectivity index (χ3v) is 5.26. The molecular formula is C24H20ClNO2. The Hall–Kier alpha value is -3.04. The maximum Gasteiger partial charge on any atom is 0.290 e. The van der Waals surface area contributed by atoms with Gasteiger partial charge in [-0.2, -0.15) is 0 Å². The number of amides is 1. The van der Waals surface area contributed by atoms with Crippen molar-refractivity contribution < 1.29 is 9.90 Å². The number of aryl methyl sites for hydroxylation is 1. The molecule has 0 spiro atoms. The first-order valence-electron chi connectivity index (χ1n) is 9.15. The van der Waals surface area contributed by atoms with E-state index in [-0.39, 0.29) is 11.7 Å². The molecular weight excluding hydrogens is 370 g/mol. The molecule has 0 saturated carbocycles. The van der Waals surface area contributed by atoms with Crippen molar-refractivity contribution in [2.45, 2.75) is 19.5 Å². The molecule has 0 saturated heterocycles. The Labute approximate surface area is 169 Å². The molecule has 140 valence electrons. The van der Waals surface area contributed by atoms with Crippen molar-refractivity contribution in [3.8, 4) is 0 Å². The minimum Gasteiger partial charge on any atom is -0.503 e. The van der Waals surface area contributed by atoms with Gasteiger partial charge in [0.05, 0.1) is 6.04 Å². The quantitative estimate of drug-likeness (QED) is 0.621. The highest BCUT2D eigenvalue weighted by Gasteiger charge is 2.40. The second kappa shape index (κ2) is 7.53. The van der Waals surface area contributed by atoms with Crippen molar-refractivity contribution in [1.82, 2.24) is 4.90 Å². The number of aliphatic hydroxyl groups excluding tert-OH is 1. The van der Waals surface area contributed by atoms with Gasteiger partial charge in [-0.15, -0.1) is 0 Å². The zero-order valence-corrected chi connectivity index (χ0v) is 16.2. The van der Waals surface area contributed by atoms with Crippen LogP contribution < -0.4 is 0 Å². The summed E-state index contributed by atoms with van der Waals surface area (Å²) in [5.41, 5.74) is 4.47. The Morgan fingerprint density at radius 2 is 1.68 bits per heavy atom. The Morgan fingerprint density at radius 1 is 0.964 bits per heavy atom. The summed E-state index contributed by atoms with van der Waals surface area (Å²) in [6.07, 6.45) is 0. The zero-order valence-electron chi connectivity index (χ0n) is 15.5. The molecule has 3 aromatic carbocycles. The van der Waals surface area contributed by atoms with Gasteiger partial charge in [-0.1, -0.05) is 83.9 Å². The van der Waals surface area contributed by atoms with E-state index in [2.05, 4.69) is 0 Å². The molecule has 0 fully saturated rings. The van der Waals surface area contributed by atoms with Gasteiger partial charge in [-0.25, -0.2) is 0 Å². The van der Waals surface area contributed by atoms with Crippen molar-refractivity contribution in [1.29, 1.82) is 0 Å². The first kappa shape index (κ1) is 18.3. The second-order valence-electron chi connectivity index (χ2n) is 7.00.